The van der Waals surface area contributed by atoms with Crippen molar-refractivity contribution < 1.29 is 19.1 Å². The van der Waals surface area contributed by atoms with Crippen LogP contribution in [0.4, 0.5) is 4.79 Å². The molecule has 1 aromatic rings. The first kappa shape index (κ1) is 17.5. The number of cyclic esters (lactones) is 1. The highest BCUT2D eigenvalue weighted by atomic mass is 16.6. The highest BCUT2D eigenvalue weighted by Crippen LogP contribution is 2.18. The van der Waals surface area contributed by atoms with Crippen LogP contribution < -0.4 is 0 Å². The van der Waals surface area contributed by atoms with E-state index in [4.69, 9.17) is 9.47 Å². The fourth-order valence-electron chi connectivity index (χ4n) is 2.60. The predicted octanol–water partition coefficient (Wildman–Crippen LogP) is 3.17. The Labute approximate surface area is 137 Å². The number of benzene rings is 1. The average Bonchev–Trinajstić information content (AvgIpc) is 2.92. The van der Waals surface area contributed by atoms with Crippen LogP contribution in [0.5, 0.6) is 0 Å². The molecule has 0 spiro atoms. The maximum atomic E-state index is 12.3. The molecule has 1 fully saturated rings. The maximum Gasteiger partial charge on any atom is 0.416 e. The molecule has 2 amide bonds. The van der Waals surface area contributed by atoms with Crippen LogP contribution in [0.1, 0.15) is 38.2 Å². The lowest BCUT2D eigenvalue weighted by Crippen LogP contribution is -2.40. The SMILES string of the molecule is CCCCOCCCC(=O)N1C(=O)OC[C@H]1Cc1ccccc1. The van der Waals surface area contributed by atoms with E-state index >= 15 is 0 Å². The first-order valence-corrected chi connectivity index (χ1v) is 8.33. The minimum atomic E-state index is -0.525. The van der Waals surface area contributed by atoms with Gasteiger partial charge >= 0.3 is 6.09 Å². The summed E-state index contributed by atoms with van der Waals surface area (Å²) in [6.45, 7) is 3.66. The second-order valence-electron chi connectivity index (χ2n) is 5.75. The summed E-state index contributed by atoms with van der Waals surface area (Å²) < 4.78 is 10.5. The Morgan fingerprint density at radius 2 is 2.00 bits per heavy atom. The molecule has 0 saturated carbocycles. The van der Waals surface area contributed by atoms with Crippen LogP contribution in [0.3, 0.4) is 0 Å². The van der Waals surface area contributed by atoms with E-state index in [0.717, 1.165) is 25.0 Å². The summed E-state index contributed by atoms with van der Waals surface area (Å²) >= 11 is 0. The average molecular weight is 319 g/mol. The van der Waals surface area contributed by atoms with Gasteiger partial charge in [-0.15, -0.1) is 0 Å². The van der Waals surface area contributed by atoms with Gasteiger partial charge in [0.2, 0.25) is 5.91 Å². The van der Waals surface area contributed by atoms with Crippen LogP contribution in [0, 0.1) is 0 Å². The lowest BCUT2D eigenvalue weighted by Gasteiger charge is -2.19. The van der Waals surface area contributed by atoms with Crippen LogP contribution in [-0.4, -0.2) is 42.8 Å². The molecule has 126 valence electrons. The Hall–Kier alpha value is -1.88. The first-order chi connectivity index (χ1) is 11.2. The van der Waals surface area contributed by atoms with E-state index in [1.54, 1.807) is 0 Å². The molecule has 2 rings (SSSR count). The summed E-state index contributed by atoms with van der Waals surface area (Å²) in [6.07, 6.45) is 3.18. The third kappa shape index (κ3) is 5.36. The molecule has 0 unspecified atom stereocenters. The molecule has 0 aliphatic carbocycles. The summed E-state index contributed by atoms with van der Waals surface area (Å²) in [5, 5.41) is 0. The monoisotopic (exact) mass is 319 g/mol. The van der Waals surface area contributed by atoms with Crippen molar-refractivity contribution >= 4 is 12.0 Å². The molecule has 5 heteroatoms. The second kappa shape index (κ2) is 9.30. The predicted molar refractivity (Wildman–Crippen MR) is 87.1 cm³/mol. The lowest BCUT2D eigenvalue weighted by atomic mass is 10.1. The van der Waals surface area contributed by atoms with Gasteiger partial charge in [-0.3, -0.25) is 4.79 Å². The third-order valence-corrected chi connectivity index (χ3v) is 3.87. The van der Waals surface area contributed by atoms with Crippen molar-refractivity contribution in [1.82, 2.24) is 4.90 Å². The topological polar surface area (TPSA) is 55.8 Å². The molecule has 1 aliphatic rings. The molecule has 0 aromatic heterocycles. The Morgan fingerprint density at radius 3 is 2.74 bits per heavy atom. The number of carbonyl (C=O) groups excluding carboxylic acids is 2. The zero-order valence-electron chi connectivity index (χ0n) is 13.7. The molecule has 1 aromatic carbocycles. The van der Waals surface area contributed by atoms with Gasteiger partial charge in [-0.1, -0.05) is 43.7 Å². The number of hydrogen-bond donors (Lipinski definition) is 0. The van der Waals surface area contributed by atoms with Crippen molar-refractivity contribution in [1.29, 1.82) is 0 Å². The minimum absolute atomic E-state index is 0.174. The number of rotatable bonds is 9. The van der Waals surface area contributed by atoms with Gasteiger partial charge in [-0.05, 0) is 24.8 Å². The number of nitrogens with zero attached hydrogens (tertiary/aromatic N) is 1. The van der Waals surface area contributed by atoms with E-state index in [1.165, 1.54) is 4.90 Å². The molecule has 5 nitrogen and oxygen atoms in total. The molecular weight excluding hydrogens is 294 g/mol. The summed E-state index contributed by atoms with van der Waals surface area (Å²) in [5.41, 5.74) is 1.09. The molecule has 1 saturated heterocycles. The standard InChI is InChI=1S/C18H25NO4/c1-2-3-11-22-12-7-10-17(20)19-16(14-23-18(19)21)13-15-8-5-4-6-9-15/h4-6,8-9,16H,2-3,7,10-14H2,1H3/t16-/m1/s1. The van der Waals surface area contributed by atoms with Gasteiger partial charge < -0.3 is 9.47 Å². The largest absolute Gasteiger partial charge is 0.447 e. The summed E-state index contributed by atoms with van der Waals surface area (Å²) in [5.74, 6) is -0.174. The number of hydrogen-bond acceptors (Lipinski definition) is 4. The van der Waals surface area contributed by atoms with Crippen LogP contribution in [0.15, 0.2) is 30.3 Å². The number of carbonyl (C=O) groups is 2. The lowest BCUT2D eigenvalue weighted by molar-refractivity contribution is -0.129. The van der Waals surface area contributed by atoms with E-state index in [2.05, 4.69) is 6.92 Å². The van der Waals surface area contributed by atoms with Crippen LogP contribution in [-0.2, 0) is 20.7 Å². The maximum absolute atomic E-state index is 12.3. The highest BCUT2D eigenvalue weighted by Gasteiger charge is 2.37. The smallest absolute Gasteiger partial charge is 0.416 e. The van der Waals surface area contributed by atoms with E-state index in [-0.39, 0.29) is 18.6 Å². The summed E-state index contributed by atoms with van der Waals surface area (Å²) in [4.78, 5) is 25.4. The van der Waals surface area contributed by atoms with Crippen LogP contribution in [0.2, 0.25) is 0 Å². The van der Waals surface area contributed by atoms with Crippen molar-refractivity contribution in [3.05, 3.63) is 35.9 Å². The van der Waals surface area contributed by atoms with E-state index in [1.807, 2.05) is 30.3 Å². The van der Waals surface area contributed by atoms with Gasteiger partial charge in [0.25, 0.3) is 0 Å². The Bertz CT molecular complexity index is 503. The molecule has 0 radical (unpaired) electrons. The van der Waals surface area contributed by atoms with Gasteiger partial charge in [0.05, 0.1) is 6.04 Å². The fourth-order valence-corrected chi connectivity index (χ4v) is 2.60. The molecule has 23 heavy (non-hydrogen) atoms. The minimum Gasteiger partial charge on any atom is -0.447 e. The van der Waals surface area contributed by atoms with Crippen LogP contribution in [0.25, 0.3) is 0 Å². The van der Waals surface area contributed by atoms with Crippen molar-refractivity contribution in [3.8, 4) is 0 Å². The van der Waals surface area contributed by atoms with E-state index < -0.39 is 6.09 Å². The fraction of sp³-hybridized carbons (Fsp3) is 0.556. The van der Waals surface area contributed by atoms with Crippen molar-refractivity contribution in [2.45, 2.75) is 45.1 Å². The van der Waals surface area contributed by atoms with Gasteiger partial charge in [-0.25, -0.2) is 9.69 Å². The number of unbranched alkanes of at least 4 members (excludes halogenated alkanes) is 1. The zero-order valence-corrected chi connectivity index (χ0v) is 13.7. The summed E-state index contributed by atoms with van der Waals surface area (Å²) in [7, 11) is 0. The molecule has 0 bridgehead atoms. The quantitative estimate of drug-likeness (QED) is 0.656. The molecule has 0 N–H and O–H groups in total. The third-order valence-electron chi connectivity index (χ3n) is 3.87. The van der Waals surface area contributed by atoms with E-state index in [9.17, 15) is 9.59 Å². The van der Waals surface area contributed by atoms with Gasteiger partial charge in [0.1, 0.15) is 6.61 Å². The molecule has 1 aliphatic heterocycles. The molecule has 1 atom stereocenters. The normalized spacial score (nSPS) is 17.3. The molecule has 1 heterocycles. The molecular formula is C18H25NO4. The van der Waals surface area contributed by atoms with E-state index in [0.29, 0.717) is 25.9 Å². The van der Waals surface area contributed by atoms with Crippen LogP contribution >= 0.6 is 0 Å². The Balaban J connectivity index is 1.80. The highest BCUT2D eigenvalue weighted by molar-refractivity contribution is 5.93. The van der Waals surface area contributed by atoms with Crippen molar-refractivity contribution in [2.24, 2.45) is 0 Å². The van der Waals surface area contributed by atoms with Crippen molar-refractivity contribution in [3.63, 3.8) is 0 Å². The number of amides is 2. The summed E-state index contributed by atoms with van der Waals surface area (Å²) in [6, 6.07) is 9.62. The van der Waals surface area contributed by atoms with Crippen molar-refractivity contribution in [2.75, 3.05) is 19.8 Å². The Kier molecular flexibility index (Phi) is 7.07. The zero-order chi connectivity index (χ0) is 16.5. The van der Waals surface area contributed by atoms with Gasteiger partial charge in [-0.2, -0.15) is 0 Å². The second-order valence-corrected chi connectivity index (χ2v) is 5.75. The van der Waals surface area contributed by atoms with Gasteiger partial charge in [0, 0.05) is 19.6 Å². The van der Waals surface area contributed by atoms with Gasteiger partial charge in [0.15, 0.2) is 0 Å². The number of ether oxygens (including phenoxy) is 2. The number of imide groups is 1. The first-order valence-electron chi connectivity index (χ1n) is 8.33. The Morgan fingerprint density at radius 1 is 1.26 bits per heavy atom.